The molecular formula is C18H38N4. The maximum atomic E-state index is 4.37. The van der Waals surface area contributed by atoms with Gasteiger partial charge >= 0.3 is 0 Å². The highest BCUT2D eigenvalue weighted by atomic mass is 15.2. The molecule has 130 valence electrons. The quantitative estimate of drug-likeness (QED) is 0.411. The minimum absolute atomic E-state index is 0.334. The average Bonchev–Trinajstić information content (AvgIpc) is 2.49. The zero-order valence-corrected chi connectivity index (χ0v) is 15.5. The number of rotatable bonds is 8. The highest BCUT2D eigenvalue weighted by molar-refractivity contribution is 5.79. The molecule has 0 bridgehead atoms. The molecule has 1 saturated heterocycles. The topological polar surface area (TPSA) is 39.7 Å². The maximum absolute atomic E-state index is 4.37. The highest BCUT2D eigenvalue weighted by Gasteiger charge is 2.19. The van der Waals surface area contributed by atoms with E-state index in [4.69, 9.17) is 0 Å². The minimum atomic E-state index is 0.334. The van der Waals surface area contributed by atoms with E-state index in [0.29, 0.717) is 5.41 Å². The van der Waals surface area contributed by atoms with E-state index in [2.05, 4.69) is 48.3 Å². The largest absolute Gasteiger partial charge is 0.356 e. The van der Waals surface area contributed by atoms with Gasteiger partial charge in [0.1, 0.15) is 0 Å². The summed E-state index contributed by atoms with van der Waals surface area (Å²) < 4.78 is 0. The van der Waals surface area contributed by atoms with Crippen LogP contribution in [-0.4, -0.2) is 51.1 Å². The van der Waals surface area contributed by atoms with Crippen molar-refractivity contribution < 1.29 is 0 Å². The summed E-state index contributed by atoms with van der Waals surface area (Å²) >= 11 is 0. The van der Waals surface area contributed by atoms with Crippen LogP contribution < -0.4 is 10.6 Å². The summed E-state index contributed by atoms with van der Waals surface area (Å²) in [5.41, 5.74) is 0.334. The van der Waals surface area contributed by atoms with Crippen LogP contribution in [0.5, 0.6) is 0 Å². The molecule has 0 saturated carbocycles. The Kier molecular flexibility index (Phi) is 8.84. The summed E-state index contributed by atoms with van der Waals surface area (Å²) in [6.07, 6.45) is 7.83. The van der Waals surface area contributed by atoms with E-state index in [1.165, 1.54) is 51.6 Å². The number of hydrogen-bond acceptors (Lipinski definition) is 2. The first-order chi connectivity index (χ1) is 10.5. The van der Waals surface area contributed by atoms with Crippen LogP contribution >= 0.6 is 0 Å². The van der Waals surface area contributed by atoms with E-state index < -0.39 is 0 Å². The van der Waals surface area contributed by atoms with Crippen molar-refractivity contribution in [1.82, 2.24) is 15.5 Å². The van der Waals surface area contributed by atoms with Crippen molar-refractivity contribution in [2.24, 2.45) is 16.3 Å². The lowest BCUT2D eigenvalue weighted by Gasteiger charge is -2.30. The van der Waals surface area contributed by atoms with Crippen LogP contribution in [0.15, 0.2) is 4.99 Å². The Labute approximate surface area is 138 Å². The van der Waals surface area contributed by atoms with Crippen LogP contribution in [0, 0.1) is 11.3 Å². The summed E-state index contributed by atoms with van der Waals surface area (Å²) in [6.45, 7) is 11.4. The number of nitrogens with one attached hydrogen (secondary N) is 2. The van der Waals surface area contributed by atoms with Gasteiger partial charge in [-0.3, -0.25) is 4.99 Å². The van der Waals surface area contributed by atoms with Crippen molar-refractivity contribution in [2.75, 3.05) is 40.3 Å². The first kappa shape index (κ1) is 19.3. The first-order valence-electron chi connectivity index (χ1n) is 9.10. The first-order valence-corrected chi connectivity index (χ1v) is 9.10. The van der Waals surface area contributed by atoms with Crippen molar-refractivity contribution >= 4 is 5.96 Å². The van der Waals surface area contributed by atoms with Crippen molar-refractivity contribution in [3.63, 3.8) is 0 Å². The fraction of sp³-hybridized carbons (Fsp3) is 0.944. The molecule has 1 rings (SSSR count). The van der Waals surface area contributed by atoms with Crippen molar-refractivity contribution in [2.45, 2.75) is 59.3 Å². The molecule has 0 amide bonds. The second-order valence-electron chi connectivity index (χ2n) is 7.67. The van der Waals surface area contributed by atoms with Gasteiger partial charge < -0.3 is 15.5 Å². The molecule has 0 atom stereocenters. The molecule has 0 unspecified atom stereocenters. The number of aliphatic imine (C=N–C) groups is 1. The van der Waals surface area contributed by atoms with Crippen LogP contribution in [0.3, 0.4) is 0 Å². The Morgan fingerprint density at radius 3 is 2.45 bits per heavy atom. The van der Waals surface area contributed by atoms with Gasteiger partial charge in [0, 0.05) is 20.1 Å². The van der Waals surface area contributed by atoms with E-state index in [9.17, 15) is 0 Å². The van der Waals surface area contributed by atoms with Gasteiger partial charge in [0.05, 0.1) is 0 Å². The second kappa shape index (κ2) is 10.1. The van der Waals surface area contributed by atoms with Gasteiger partial charge in [0.2, 0.25) is 0 Å². The minimum Gasteiger partial charge on any atom is -0.356 e. The lowest BCUT2D eigenvalue weighted by atomic mass is 9.87. The smallest absolute Gasteiger partial charge is 0.191 e. The van der Waals surface area contributed by atoms with Gasteiger partial charge in [-0.1, -0.05) is 40.0 Å². The third-order valence-corrected chi connectivity index (χ3v) is 4.81. The number of nitrogens with zero attached hydrogens (tertiary/aromatic N) is 2. The summed E-state index contributed by atoms with van der Waals surface area (Å²) in [7, 11) is 4.08. The monoisotopic (exact) mass is 310 g/mol. The second-order valence-corrected chi connectivity index (χ2v) is 7.67. The lowest BCUT2D eigenvalue weighted by Crippen LogP contribution is -2.44. The standard InChI is InChI=1S/C18H38N4/c1-6-7-8-11-18(2,3)15-21-17(19-4)20-14-16-9-12-22(5)13-10-16/h16H,6-15H2,1-5H3,(H2,19,20,21). The highest BCUT2D eigenvalue weighted by Crippen LogP contribution is 2.22. The van der Waals surface area contributed by atoms with E-state index in [-0.39, 0.29) is 0 Å². The average molecular weight is 311 g/mol. The molecule has 0 aromatic rings. The van der Waals surface area contributed by atoms with Crippen LogP contribution in [0.1, 0.15) is 59.3 Å². The van der Waals surface area contributed by atoms with Crippen LogP contribution in [0.2, 0.25) is 0 Å². The Balaban J connectivity index is 2.24. The number of piperidine rings is 1. The Morgan fingerprint density at radius 2 is 1.86 bits per heavy atom. The fourth-order valence-electron chi connectivity index (χ4n) is 2.99. The fourth-order valence-corrected chi connectivity index (χ4v) is 2.99. The summed E-state index contributed by atoms with van der Waals surface area (Å²) in [4.78, 5) is 6.79. The van der Waals surface area contributed by atoms with Gasteiger partial charge in [-0.2, -0.15) is 0 Å². The molecule has 0 radical (unpaired) electrons. The van der Waals surface area contributed by atoms with E-state index in [1.807, 2.05) is 7.05 Å². The molecule has 2 N–H and O–H groups in total. The predicted octanol–water partition coefficient (Wildman–Crippen LogP) is 3.10. The Morgan fingerprint density at radius 1 is 1.18 bits per heavy atom. The van der Waals surface area contributed by atoms with Crippen molar-refractivity contribution in [3.8, 4) is 0 Å². The lowest BCUT2D eigenvalue weighted by molar-refractivity contribution is 0.220. The van der Waals surface area contributed by atoms with Crippen molar-refractivity contribution in [1.29, 1.82) is 0 Å². The van der Waals surface area contributed by atoms with Crippen molar-refractivity contribution in [3.05, 3.63) is 0 Å². The van der Waals surface area contributed by atoms with Crippen LogP contribution in [-0.2, 0) is 0 Å². The molecular weight excluding hydrogens is 272 g/mol. The van der Waals surface area contributed by atoms with Gasteiger partial charge in [-0.25, -0.2) is 0 Å². The molecule has 4 heteroatoms. The summed E-state index contributed by atoms with van der Waals surface area (Å²) in [5.74, 6) is 1.75. The van der Waals surface area contributed by atoms with Gasteiger partial charge in [0.25, 0.3) is 0 Å². The third kappa shape index (κ3) is 8.02. The zero-order chi connectivity index (χ0) is 16.4. The zero-order valence-electron chi connectivity index (χ0n) is 15.5. The Hall–Kier alpha value is -0.770. The number of unbranched alkanes of at least 4 members (excludes halogenated alkanes) is 2. The number of guanidine groups is 1. The van der Waals surface area contributed by atoms with Crippen LogP contribution in [0.4, 0.5) is 0 Å². The normalized spacial score (nSPS) is 18.5. The van der Waals surface area contributed by atoms with Gasteiger partial charge in [-0.05, 0) is 50.7 Å². The molecule has 4 nitrogen and oxygen atoms in total. The molecule has 1 heterocycles. The molecule has 1 fully saturated rings. The van der Waals surface area contributed by atoms with E-state index >= 15 is 0 Å². The molecule has 22 heavy (non-hydrogen) atoms. The number of likely N-dealkylation sites (tertiary alicyclic amines) is 1. The third-order valence-electron chi connectivity index (χ3n) is 4.81. The Bertz CT molecular complexity index is 317. The van der Waals surface area contributed by atoms with Crippen LogP contribution in [0.25, 0.3) is 0 Å². The molecule has 0 aromatic heterocycles. The molecule has 1 aliphatic heterocycles. The summed E-state index contributed by atoms with van der Waals surface area (Å²) in [5, 5.41) is 7.03. The molecule has 0 aromatic carbocycles. The molecule has 0 spiro atoms. The van der Waals surface area contributed by atoms with Gasteiger partial charge in [-0.15, -0.1) is 0 Å². The number of hydrogen-bond donors (Lipinski definition) is 2. The van der Waals surface area contributed by atoms with E-state index in [1.54, 1.807) is 0 Å². The predicted molar refractivity (Wildman–Crippen MR) is 97.5 cm³/mol. The summed E-state index contributed by atoms with van der Waals surface area (Å²) in [6, 6.07) is 0. The SMILES string of the molecule is CCCCCC(C)(C)CNC(=NC)NCC1CCN(C)CC1. The molecule has 0 aliphatic carbocycles. The molecule has 1 aliphatic rings. The van der Waals surface area contributed by atoms with E-state index in [0.717, 1.165) is 25.0 Å². The van der Waals surface area contributed by atoms with Gasteiger partial charge in [0.15, 0.2) is 5.96 Å². The maximum Gasteiger partial charge on any atom is 0.191 e.